The molecule has 25 heavy (non-hydrogen) atoms. The van der Waals surface area contributed by atoms with Gasteiger partial charge >= 0.3 is 6.03 Å². The molecule has 0 bridgehead atoms. The van der Waals surface area contributed by atoms with Crippen LogP contribution in [0.2, 0.25) is 0 Å². The lowest BCUT2D eigenvalue weighted by atomic mass is 10.0. The zero-order chi connectivity index (χ0) is 17.4. The summed E-state index contributed by atoms with van der Waals surface area (Å²) in [6, 6.07) is 7.52. The fourth-order valence-corrected chi connectivity index (χ4v) is 3.73. The standard InChI is InChI=1S/C18H20N4O3/c23-16(9-12-10-19-15-4-2-1-3-14(12)15)21-7-5-13(6-8-21)22-17(24)11-20-18(22)25/h1-4,10,13,19H,5-9,11H2,(H,20,25). The highest BCUT2D eigenvalue weighted by atomic mass is 16.2. The maximum absolute atomic E-state index is 12.6. The lowest BCUT2D eigenvalue weighted by molar-refractivity contribution is -0.132. The second kappa shape index (κ2) is 6.23. The largest absolute Gasteiger partial charge is 0.361 e. The monoisotopic (exact) mass is 340 g/mol. The number of benzene rings is 1. The Bertz CT molecular complexity index is 820. The van der Waals surface area contributed by atoms with Crippen LogP contribution in [0.5, 0.6) is 0 Å². The van der Waals surface area contributed by atoms with E-state index in [4.69, 9.17) is 0 Å². The van der Waals surface area contributed by atoms with Gasteiger partial charge < -0.3 is 15.2 Å². The summed E-state index contributed by atoms with van der Waals surface area (Å²) in [6.07, 6.45) is 3.53. The van der Waals surface area contributed by atoms with E-state index in [0.29, 0.717) is 32.4 Å². The van der Waals surface area contributed by atoms with E-state index in [1.807, 2.05) is 35.4 Å². The van der Waals surface area contributed by atoms with Crippen molar-refractivity contribution in [3.8, 4) is 0 Å². The molecule has 0 spiro atoms. The van der Waals surface area contributed by atoms with Crippen molar-refractivity contribution in [2.75, 3.05) is 19.6 Å². The smallest absolute Gasteiger partial charge is 0.324 e. The summed E-state index contributed by atoms with van der Waals surface area (Å²) >= 11 is 0. The number of aromatic amines is 1. The van der Waals surface area contributed by atoms with Gasteiger partial charge in [-0.05, 0) is 24.5 Å². The van der Waals surface area contributed by atoms with Crippen molar-refractivity contribution in [3.05, 3.63) is 36.0 Å². The minimum atomic E-state index is -0.312. The highest BCUT2D eigenvalue weighted by Gasteiger charge is 2.37. The van der Waals surface area contributed by atoms with Crippen LogP contribution in [0.1, 0.15) is 18.4 Å². The number of urea groups is 1. The normalized spacial score (nSPS) is 18.9. The first-order valence-corrected chi connectivity index (χ1v) is 8.56. The van der Waals surface area contributed by atoms with Gasteiger partial charge in [-0.15, -0.1) is 0 Å². The maximum Gasteiger partial charge on any atom is 0.324 e. The van der Waals surface area contributed by atoms with E-state index >= 15 is 0 Å². The van der Waals surface area contributed by atoms with Gasteiger partial charge in [0.2, 0.25) is 11.8 Å². The van der Waals surface area contributed by atoms with Crippen LogP contribution >= 0.6 is 0 Å². The van der Waals surface area contributed by atoms with Gasteiger partial charge in [0.15, 0.2) is 0 Å². The number of H-pyrrole nitrogens is 1. The Balaban J connectivity index is 1.38. The van der Waals surface area contributed by atoms with Crippen molar-refractivity contribution >= 4 is 28.7 Å². The molecule has 4 rings (SSSR count). The number of para-hydroxylation sites is 1. The van der Waals surface area contributed by atoms with Crippen LogP contribution in [-0.2, 0) is 16.0 Å². The molecule has 2 aliphatic heterocycles. The minimum Gasteiger partial charge on any atom is -0.361 e. The number of rotatable bonds is 3. The predicted octanol–water partition coefficient (Wildman–Crippen LogP) is 1.25. The lowest BCUT2D eigenvalue weighted by Crippen LogP contribution is -2.49. The van der Waals surface area contributed by atoms with Crippen LogP contribution in [0.15, 0.2) is 30.5 Å². The quantitative estimate of drug-likeness (QED) is 0.825. The second-order valence-electron chi connectivity index (χ2n) is 6.57. The van der Waals surface area contributed by atoms with Crippen LogP contribution in [0.4, 0.5) is 4.79 Å². The van der Waals surface area contributed by atoms with Crippen LogP contribution in [0.3, 0.4) is 0 Å². The molecular formula is C18H20N4O3. The number of carbonyl (C=O) groups excluding carboxylic acids is 3. The Morgan fingerprint density at radius 2 is 1.92 bits per heavy atom. The van der Waals surface area contributed by atoms with Gasteiger partial charge in [0.1, 0.15) is 0 Å². The number of hydrogen-bond donors (Lipinski definition) is 2. The zero-order valence-corrected chi connectivity index (χ0v) is 13.8. The van der Waals surface area contributed by atoms with Gasteiger partial charge in [0.25, 0.3) is 0 Å². The molecule has 2 aromatic rings. The predicted molar refractivity (Wildman–Crippen MR) is 91.8 cm³/mol. The van der Waals surface area contributed by atoms with Crippen LogP contribution < -0.4 is 5.32 Å². The van der Waals surface area contributed by atoms with Crippen molar-refractivity contribution in [1.29, 1.82) is 0 Å². The number of fused-ring (bicyclic) bond motifs is 1. The second-order valence-corrected chi connectivity index (χ2v) is 6.57. The Morgan fingerprint density at radius 1 is 1.16 bits per heavy atom. The third-order valence-corrected chi connectivity index (χ3v) is 5.08. The summed E-state index contributed by atoms with van der Waals surface area (Å²) in [5.41, 5.74) is 2.03. The highest BCUT2D eigenvalue weighted by molar-refractivity contribution is 6.02. The molecule has 1 aromatic carbocycles. The summed E-state index contributed by atoms with van der Waals surface area (Å²) in [7, 11) is 0. The Kier molecular flexibility index (Phi) is 3.91. The molecule has 2 fully saturated rings. The number of nitrogens with zero attached hydrogens (tertiary/aromatic N) is 2. The molecule has 0 radical (unpaired) electrons. The van der Waals surface area contributed by atoms with Crippen molar-refractivity contribution in [3.63, 3.8) is 0 Å². The van der Waals surface area contributed by atoms with E-state index in [-0.39, 0.29) is 30.4 Å². The van der Waals surface area contributed by atoms with E-state index in [1.54, 1.807) is 0 Å². The number of likely N-dealkylation sites (tertiary alicyclic amines) is 1. The Hall–Kier alpha value is -2.83. The summed E-state index contributed by atoms with van der Waals surface area (Å²) in [4.78, 5) is 42.5. The van der Waals surface area contributed by atoms with Crippen molar-refractivity contribution in [2.24, 2.45) is 0 Å². The summed E-state index contributed by atoms with van der Waals surface area (Å²) in [5, 5.41) is 3.62. The maximum atomic E-state index is 12.6. The number of piperidine rings is 1. The zero-order valence-electron chi connectivity index (χ0n) is 13.8. The van der Waals surface area contributed by atoms with Gasteiger partial charge in [0.05, 0.1) is 13.0 Å². The van der Waals surface area contributed by atoms with Gasteiger partial charge in [-0.3, -0.25) is 14.5 Å². The number of amides is 4. The molecule has 0 unspecified atom stereocenters. The van der Waals surface area contributed by atoms with Gasteiger partial charge in [-0.1, -0.05) is 18.2 Å². The van der Waals surface area contributed by atoms with E-state index < -0.39 is 0 Å². The molecule has 0 saturated carbocycles. The molecule has 1 aromatic heterocycles. The highest BCUT2D eigenvalue weighted by Crippen LogP contribution is 2.22. The molecule has 0 aliphatic carbocycles. The summed E-state index contributed by atoms with van der Waals surface area (Å²) in [6.45, 7) is 1.23. The molecule has 3 heterocycles. The fourth-order valence-electron chi connectivity index (χ4n) is 3.73. The molecule has 4 amide bonds. The molecular weight excluding hydrogens is 320 g/mol. The molecule has 2 saturated heterocycles. The van der Waals surface area contributed by atoms with Gasteiger partial charge in [-0.2, -0.15) is 0 Å². The summed E-state index contributed by atoms with van der Waals surface area (Å²) < 4.78 is 0. The minimum absolute atomic E-state index is 0.0819. The van der Waals surface area contributed by atoms with E-state index in [1.165, 1.54) is 4.90 Å². The third-order valence-electron chi connectivity index (χ3n) is 5.08. The Labute approximate surface area is 145 Å². The van der Waals surface area contributed by atoms with Crippen LogP contribution in [0.25, 0.3) is 10.9 Å². The molecule has 2 N–H and O–H groups in total. The van der Waals surface area contributed by atoms with Crippen molar-refractivity contribution < 1.29 is 14.4 Å². The first-order valence-electron chi connectivity index (χ1n) is 8.56. The van der Waals surface area contributed by atoms with E-state index in [9.17, 15) is 14.4 Å². The number of aromatic nitrogens is 1. The third kappa shape index (κ3) is 2.86. The van der Waals surface area contributed by atoms with Gasteiger partial charge in [0, 0.05) is 36.2 Å². The SMILES string of the molecule is O=C(Cc1c[nH]c2ccccc12)N1CCC(N2C(=O)CNC2=O)CC1. The van der Waals surface area contributed by atoms with Crippen molar-refractivity contribution in [2.45, 2.75) is 25.3 Å². The number of hydrogen-bond acceptors (Lipinski definition) is 3. The average molecular weight is 340 g/mol. The number of imide groups is 1. The number of carbonyl (C=O) groups is 3. The first-order chi connectivity index (χ1) is 12.1. The first kappa shape index (κ1) is 15.7. The number of nitrogens with one attached hydrogen (secondary N) is 2. The van der Waals surface area contributed by atoms with E-state index in [2.05, 4.69) is 10.3 Å². The molecule has 130 valence electrons. The Morgan fingerprint density at radius 3 is 2.64 bits per heavy atom. The van der Waals surface area contributed by atoms with Crippen molar-refractivity contribution in [1.82, 2.24) is 20.1 Å². The average Bonchev–Trinajstić information content (AvgIpc) is 3.19. The molecule has 7 nitrogen and oxygen atoms in total. The molecule has 0 atom stereocenters. The topological polar surface area (TPSA) is 85.5 Å². The summed E-state index contributed by atoms with van der Waals surface area (Å²) in [5.74, 6) is -0.0889. The lowest BCUT2D eigenvalue weighted by Gasteiger charge is -2.35. The molecule has 2 aliphatic rings. The van der Waals surface area contributed by atoms with E-state index in [0.717, 1.165) is 16.5 Å². The molecule has 7 heteroatoms. The van der Waals surface area contributed by atoms with Crippen LogP contribution in [-0.4, -0.2) is 58.3 Å². The fraction of sp³-hybridized carbons (Fsp3) is 0.389. The van der Waals surface area contributed by atoms with Crippen LogP contribution in [0, 0.1) is 0 Å². The van der Waals surface area contributed by atoms with Gasteiger partial charge in [-0.25, -0.2) is 4.79 Å².